The average Bonchev–Trinajstić information content (AvgIpc) is 2.71. The van der Waals surface area contributed by atoms with Crippen molar-refractivity contribution in [3.05, 3.63) is 39.9 Å². The lowest BCUT2D eigenvalue weighted by atomic mass is 9.87. The number of carbonyl (C=O) groups excluding carboxylic acids is 2. The smallest absolute Gasteiger partial charge is 0.408 e. The number of alkyl carbamates (subject to hydrolysis) is 1. The highest BCUT2D eigenvalue weighted by atomic mass is 16.6. The van der Waals surface area contributed by atoms with E-state index in [2.05, 4.69) is 5.32 Å². The second-order valence-electron chi connectivity index (χ2n) is 7.32. The maximum atomic E-state index is 12.2. The summed E-state index contributed by atoms with van der Waals surface area (Å²) < 4.78 is 10.3. The monoisotopic (exact) mass is 408 g/mol. The van der Waals surface area contributed by atoms with Crippen LogP contribution in [-0.2, 0) is 20.9 Å². The maximum absolute atomic E-state index is 12.2. The van der Waals surface area contributed by atoms with Gasteiger partial charge in [-0.15, -0.1) is 0 Å². The zero-order valence-corrected chi connectivity index (χ0v) is 16.5. The van der Waals surface area contributed by atoms with Crippen LogP contribution in [0.2, 0.25) is 0 Å². The number of nitrogens with zero attached hydrogens (tertiary/aromatic N) is 1. The summed E-state index contributed by atoms with van der Waals surface area (Å²) in [5.41, 5.74) is 0.484. The minimum atomic E-state index is -1.23. The topological polar surface area (TPSA) is 128 Å². The van der Waals surface area contributed by atoms with Crippen LogP contribution in [0.5, 0.6) is 0 Å². The van der Waals surface area contributed by atoms with Gasteiger partial charge in [-0.05, 0) is 37.0 Å². The molecule has 2 rings (SSSR count). The Bertz CT molecular complexity index is 685. The van der Waals surface area contributed by atoms with Gasteiger partial charge in [0.15, 0.2) is 6.04 Å². The lowest BCUT2D eigenvalue weighted by Crippen LogP contribution is -2.48. The van der Waals surface area contributed by atoms with Crippen molar-refractivity contribution in [2.45, 2.75) is 64.2 Å². The Kier molecular flexibility index (Phi) is 8.85. The Morgan fingerprint density at radius 1 is 1.21 bits per heavy atom. The molecule has 1 aliphatic carbocycles. The number of nitro groups is 1. The molecule has 0 aromatic heterocycles. The van der Waals surface area contributed by atoms with Crippen LogP contribution in [0, 0.1) is 16.0 Å². The van der Waals surface area contributed by atoms with Crippen LogP contribution < -0.4 is 5.32 Å². The van der Waals surface area contributed by atoms with E-state index in [9.17, 15) is 24.8 Å². The van der Waals surface area contributed by atoms with Gasteiger partial charge in [-0.3, -0.25) is 10.1 Å². The maximum Gasteiger partial charge on any atom is 0.408 e. The molecule has 0 bridgehead atoms. The van der Waals surface area contributed by atoms with Crippen LogP contribution in [0.25, 0.3) is 0 Å². The first-order valence-electron chi connectivity index (χ1n) is 9.88. The molecule has 0 radical (unpaired) electrons. The van der Waals surface area contributed by atoms with Crippen molar-refractivity contribution in [1.29, 1.82) is 0 Å². The molecular formula is C20H28N2O7. The Hall–Kier alpha value is -2.68. The van der Waals surface area contributed by atoms with Crippen molar-refractivity contribution in [3.63, 3.8) is 0 Å². The molecule has 0 spiro atoms. The zero-order chi connectivity index (χ0) is 21.2. The molecule has 1 fully saturated rings. The number of non-ortho nitro benzene ring substituents is 1. The molecule has 1 aliphatic rings. The fourth-order valence-corrected chi connectivity index (χ4v) is 3.30. The molecule has 1 aromatic carbocycles. The Labute approximate surface area is 169 Å². The number of hydrogen-bond acceptors (Lipinski definition) is 7. The zero-order valence-electron chi connectivity index (χ0n) is 16.5. The lowest BCUT2D eigenvalue weighted by Gasteiger charge is -2.23. The van der Waals surface area contributed by atoms with Crippen molar-refractivity contribution >= 4 is 17.7 Å². The Morgan fingerprint density at radius 2 is 1.86 bits per heavy atom. The van der Waals surface area contributed by atoms with Crippen molar-refractivity contribution in [3.8, 4) is 0 Å². The van der Waals surface area contributed by atoms with Gasteiger partial charge >= 0.3 is 12.1 Å². The number of aliphatic hydroxyl groups is 1. The van der Waals surface area contributed by atoms with Gasteiger partial charge in [0.1, 0.15) is 6.61 Å². The summed E-state index contributed by atoms with van der Waals surface area (Å²) >= 11 is 0. The van der Waals surface area contributed by atoms with Gasteiger partial charge in [0.25, 0.3) is 5.69 Å². The molecule has 2 atom stereocenters. The highest BCUT2D eigenvalue weighted by Crippen LogP contribution is 2.26. The van der Waals surface area contributed by atoms with Crippen LogP contribution in [0.4, 0.5) is 10.5 Å². The van der Waals surface area contributed by atoms with Gasteiger partial charge in [-0.1, -0.05) is 32.1 Å². The first-order valence-corrected chi connectivity index (χ1v) is 9.88. The summed E-state index contributed by atoms with van der Waals surface area (Å²) in [5.74, 6) is -0.149. The first-order chi connectivity index (χ1) is 13.9. The van der Waals surface area contributed by atoms with E-state index in [1.54, 1.807) is 0 Å². The van der Waals surface area contributed by atoms with Gasteiger partial charge in [0, 0.05) is 12.1 Å². The third-order valence-electron chi connectivity index (χ3n) is 5.02. The molecule has 1 amide bonds. The van der Waals surface area contributed by atoms with E-state index in [-0.39, 0.29) is 18.9 Å². The number of hydrogen-bond donors (Lipinski definition) is 2. The standard InChI is InChI=1S/C20H28N2O7/c1-14(23)18(19(24)28-12-11-15-5-3-2-4-6-15)21-20(25)29-13-16-7-9-17(10-8-16)22(26)27/h7-10,14-15,18,23H,2-6,11-13H2,1H3,(H,21,25)/t14-,18+/m1/s1. The number of carbonyl (C=O) groups is 2. The molecular weight excluding hydrogens is 380 g/mol. The second-order valence-corrected chi connectivity index (χ2v) is 7.32. The van der Waals surface area contributed by atoms with Crippen molar-refractivity contribution in [2.24, 2.45) is 5.92 Å². The molecule has 9 heteroatoms. The fourth-order valence-electron chi connectivity index (χ4n) is 3.30. The second kappa shape index (κ2) is 11.4. The summed E-state index contributed by atoms with van der Waals surface area (Å²) in [6.45, 7) is 1.50. The fraction of sp³-hybridized carbons (Fsp3) is 0.600. The highest BCUT2D eigenvalue weighted by molar-refractivity contribution is 5.81. The van der Waals surface area contributed by atoms with Gasteiger partial charge in [0.2, 0.25) is 0 Å². The van der Waals surface area contributed by atoms with Crippen LogP contribution in [0.3, 0.4) is 0 Å². The van der Waals surface area contributed by atoms with Crippen LogP contribution in [-0.4, -0.2) is 40.8 Å². The van der Waals surface area contributed by atoms with Gasteiger partial charge < -0.3 is 19.9 Å². The molecule has 29 heavy (non-hydrogen) atoms. The summed E-state index contributed by atoms with van der Waals surface area (Å²) in [6, 6.07) is 4.32. The minimum absolute atomic E-state index is 0.0663. The average molecular weight is 408 g/mol. The number of amides is 1. The van der Waals surface area contributed by atoms with E-state index in [0.717, 1.165) is 19.3 Å². The molecule has 0 heterocycles. The van der Waals surface area contributed by atoms with Gasteiger partial charge in [0.05, 0.1) is 17.6 Å². The largest absolute Gasteiger partial charge is 0.464 e. The summed E-state index contributed by atoms with van der Waals surface area (Å²) in [6.07, 6.45) is 4.70. The SMILES string of the molecule is C[C@@H](O)[C@H](NC(=O)OCc1ccc([N+](=O)[O-])cc1)C(=O)OCCC1CCCCC1. The first kappa shape index (κ1) is 22.6. The molecule has 0 aliphatic heterocycles. The predicted octanol–water partition coefficient (Wildman–Crippen LogP) is 3.08. The molecule has 1 saturated carbocycles. The number of nitrogens with one attached hydrogen (secondary N) is 1. The normalized spacial score (nSPS) is 16.5. The number of aliphatic hydroxyl groups excluding tert-OH is 1. The lowest BCUT2D eigenvalue weighted by molar-refractivity contribution is -0.384. The quantitative estimate of drug-likeness (QED) is 0.365. The predicted molar refractivity (Wildman–Crippen MR) is 104 cm³/mol. The van der Waals surface area contributed by atoms with Crippen LogP contribution in [0.15, 0.2) is 24.3 Å². The highest BCUT2D eigenvalue weighted by Gasteiger charge is 2.28. The number of esters is 1. The van der Waals surface area contributed by atoms with Crippen LogP contribution >= 0.6 is 0 Å². The number of benzene rings is 1. The van der Waals surface area contributed by atoms with E-state index in [0.29, 0.717) is 11.5 Å². The van der Waals surface area contributed by atoms with Crippen molar-refractivity contribution in [2.75, 3.05) is 6.61 Å². The summed E-state index contributed by atoms with van der Waals surface area (Å²) in [4.78, 5) is 34.3. The molecule has 9 nitrogen and oxygen atoms in total. The summed E-state index contributed by atoms with van der Waals surface area (Å²) in [5, 5.41) is 22.8. The van der Waals surface area contributed by atoms with E-state index >= 15 is 0 Å². The van der Waals surface area contributed by atoms with Gasteiger partial charge in [-0.25, -0.2) is 9.59 Å². The van der Waals surface area contributed by atoms with E-state index in [1.165, 1.54) is 50.5 Å². The third-order valence-corrected chi connectivity index (χ3v) is 5.02. The molecule has 0 saturated heterocycles. The van der Waals surface area contributed by atoms with Gasteiger partial charge in [-0.2, -0.15) is 0 Å². The van der Waals surface area contributed by atoms with Crippen molar-refractivity contribution in [1.82, 2.24) is 5.32 Å². The molecule has 160 valence electrons. The number of rotatable bonds is 9. The Balaban J connectivity index is 1.76. The van der Waals surface area contributed by atoms with Crippen LogP contribution in [0.1, 0.15) is 51.0 Å². The number of nitro benzene ring substituents is 1. The molecule has 2 N–H and O–H groups in total. The molecule has 0 unspecified atom stereocenters. The van der Waals surface area contributed by atoms with Crippen molar-refractivity contribution < 1.29 is 29.1 Å². The Morgan fingerprint density at radius 3 is 2.45 bits per heavy atom. The van der Waals surface area contributed by atoms with E-state index < -0.39 is 29.1 Å². The summed E-state index contributed by atoms with van der Waals surface area (Å²) in [7, 11) is 0. The molecule has 1 aromatic rings. The van der Waals surface area contributed by atoms with E-state index in [1.807, 2.05) is 0 Å². The third kappa shape index (κ3) is 7.69. The minimum Gasteiger partial charge on any atom is -0.464 e. The van der Waals surface area contributed by atoms with E-state index in [4.69, 9.17) is 9.47 Å². The number of ether oxygens (including phenoxy) is 2.